The zero-order valence-corrected chi connectivity index (χ0v) is 26.6. The Morgan fingerprint density at radius 2 is 1.54 bits per heavy atom. The fraction of sp³-hybridized carbons (Fsp3) is 0.321. The molecule has 3 atom stereocenters. The van der Waals surface area contributed by atoms with Crippen molar-refractivity contribution < 1.29 is 22.0 Å². The summed E-state index contributed by atoms with van der Waals surface area (Å²) in [4.78, 5) is 0. The lowest BCUT2D eigenvalue weighted by Crippen LogP contribution is -1.98. The molecule has 1 heterocycles. The Kier molecular flexibility index (Phi) is 19.2. The summed E-state index contributed by atoms with van der Waals surface area (Å²) in [7, 11) is -12.3. The van der Waals surface area contributed by atoms with Crippen LogP contribution in [-0.2, 0) is 9.05 Å². The molecule has 1 aliphatic carbocycles. The molecule has 0 amide bonds. The van der Waals surface area contributed by atoms with Gasteiger partial charge in [0.15, 0.2) is 0 Å². The minimum absolute atomic E-state index is 0.0523. The number of rotatable bonds is 10. The first-order valence-electron chi connectivity index (χ1n) is 13.0. The molecule has 1 aromatic rings. The van der Waals surface area contributed by atoms with Crippen LogP contribution in [0, 0.1) is 0 Å². The average Bonchev–Trinajstić information content (AvgIpc) is 3.22. The molecule has 0 bridgehead atoms. The third kappa shape index (κ3) is 13.4. The first-order chi connectivity index (χ1) is 18.9. The van der Waals surface area contributed by atoms with Crippen LogP contribution in [0.2, 0.25) is 0 Å². The normalized spacial score (nSPS) is 24.6. The van der Waals surface area contributed by atoms with Gasteiger partial charge >= 0.3 is 15.5 Å². The topological polar surface area (TPSA) is 64.8 Å². The van der Waals surface area contributed by atoms with Crippen molar-refractivity contribution in [3.8, 4) is 5.75 Å². The van der Waals surface area contributed by atoms with E-state index in [1.807, 2.05) is 41.5 Å². The standard InChI is InChI=1S/C22H24F2N3O3P3.3C2H6/c1-3-5-6-9-15-20-28-31(4-2)25-32(23,29-21-16-11-7-8-12-17-21)27-33(24,26-31)30-22-18-13-10-14-19-22;3*1-2/h3,5-7,9-19H,1,4,20H2,2H3;3*1-2H3/b6-5-,15-9-;;;. The second kappa shape index (κ2) is 20.5. The Hall–Kier alpha value is -2.45. The van der Waals surface area contributed by atoms with Crippen LogP contribution in [0.5, 0.6) is 5.75 Å². The number of hydrogen-bond donors (Lipinski definition) is 0. The van der Waals surface area contributed by atoms with Crippen LogP contribution in [0.4, 0.5) is 8.39 Å². The number of hydrogen-bond acceptors (Lipinski definition) is 6. The highest BCUT2D eigenvalue weighted by Crippen LogP contribution is 2.80. The van der Waals surface area contributed by atoms with E-state index in [2.05, 4.69) is 25.9 Å². The predicted molar refractivity (Wildman–Crippen MR) is 167 cm³/mol. The highest BCUT2D eigenvalue weighted by molar-refractivity contribution is 7.79. The summed E-state index contributed by atoms with van der Waals surface area (Å²) in [6, 6.07) is 8.19. The van der Waals surface area contributed by atoms with Gasteiger partial charge in [0, 0.05) is 6.16 Å². The van der Waals surface area contributed by atoms with Gasteiger partial charge in [0.25, 0.3) is 0 Å². The third-order valence-corrected chi connectivity index (χ3v) is 12.0. The van der Waals surface area contributed by atoms with Gasteiger partial charge in [-0.3, -0.25) is 0 Å². The molecule has 39 heavy (non-hydrogen) atoms. The van der Waals surface area contributed by atoms with Gasteiger partial charge in [-0.25, -0.2) is 0 Å². The first-order valence-corrected chi connectivity index (χ1v) is 17.8. The van der Waals surface area contributed by atoms with E-state index in [0.717, 1.165) is 0 Å². The Bertz CT molecular complexity index is 1230. The molecule has 6 nitrogen and oxygen atoms in total. The van der Waals surface area contributed by atoms with Crippen molar-refractivity contribution in [1.82, 2.24) is 0 Å². The molecule has 0 aromatic heterocycles. The van der Waals surface area contributed by atoms with Crippen molar-refractivity contribution in [3.05, 3.63) is 109 Å². The van der Waals surface area contributed by atoms with Crippen molar-refractivity contribution >= 4 is 22.9 Å². The van der Waals surface area contributed by atoms with Gasteiger partial charge in [-0.05, 0) is 36.4 Å². The lowest BCUT2D eigenvalue weighted by molar-refractivity contribution is 0.393. The van der Waals surface area contributed by atoms with E-state index in [-0.39, 0.29) is 24.3 Å². The Morgan fingerprint density at radius 3 is 2.18 bits per heavy atom. The quantitative estimate of drug-likeness (QED) is 0.153. The van der Waals surface area contributed by atoms with Gasteiger partial charge < -0.3 is 13.6 Å². The van der Waals surface area contributed by atoms with E-state index in [9.17, 15) is 0 Å². The molecule has 11 heteroatoms. The molecule has 0 N–H and O–H groups in total. The minimum atomic E-state index is -4.52. The summed E-state index contributed by atoms with van der Waals surface area (Å²) in [6.07, 6.45) is 16.5. The van der Waals surface area contributed by atoms with Gasteiger partial charge in [0.1, 0.15) is 11.5 Å². The summed E-state index contributed by atoms with van der Waals surface area (Å²) >= 11 is 0. The monoisotopic (exact) mass is 599 g/mol. The highest BCUT2D eigenvalue weighted by atomic mass is 31.3. The maximum atomic E-state index is 16.0. The van der Waals surface area contributed by atoms with E-state index >= 15 is 8.39 Å². The molecular formula is C28H42F2N3O3P3. The third-order valence-electron chi connectivity index (χ3n) is 3.99. The molecule has 216 valence electrons. The van der Waals surface area contributed by atoms with E-state index in [0.29, 0.717) is 0 Å². The zero-order valence-electron chi connectivity index (χ0n) is 23.9. The Labute approximate surface area is 234 Å². The highest BCUT2D eigenvalue weighted by Gasteiger charge is 2.41. The SMILES string of the molecule is C=C/C=C\C=C/COP1(CC)=NP(F)(Oc2ccccc2)=NP(F)(OC2=CC=C=CC=C2)=N1.CC.CC.CC. The smallest absolute Gasteiger partial charge is 0.419 e. The maximum Gasteiger partial charge on any atom is 0.440 e. The van der Waals surface area contributed by atoms with Crippen molar-refractivity contribution in [3.63, 3.8) is 0 Å². The van der Waals surface area contributed by atoms with Crippen LogP contribution in [0.3, 0.4) is 0 Å². The first kappa shape index (κ1) is 36.5. The number of halogens is 2. The van der Waals surface area contributed by atoms with Crippen LogP contribution < -0.4 is 4.52 Å². The van der Waals surface area contributed by atoms with Crippen LogP contribution in [0.15, 0.2) is 123 Å². The number of benzene rings is 1. The van der Waals surface area contributed by atoms with Gasteiger partial charge in [-0.15, -0.1) is 18.6 Å². The molecule has 0 saturated heterocycles. The molecule has 0 spiro atoms. The molecule has 2 aliphatic rings. The summed E-state index contributed by atoms with van der Waals surface area (Å²) in [6.45, 7) is 17.4. The van der Waals surface area contributed by atoms with Gasteiger partial charge in [0.05, 0.1) is 6.61 Å². The second-order valence-electron chi connectivity index (χ2n) is 6.46. The fourth-order valence-corrected chi connectivity index (χ4v) is 11.1. The van der Waals surface area contributed by atoms with Crippen molar-refractivity contribution in [2.45, 2.75) is 48.5 Å². The van der Waals surface area contributed by atoms with E-state index in [4.69, 9.17) is 13.6 Å². The number of nitrogens with zero attached hydrogens (tertiary/aromatic N) is 3. The second-order valence-corrected chi connectivity index (χ2v) is 13.1. The van der Waals surface area contributed by atoms with Crippen LogP contribution in [-0.4, -0.2) is 12.8 Å². The summed E-state index contributed by atoms with van der Waals surface area (Å²) < 4.78 is 60.9. The van der Waals surface area contributed by atoms with Crippen LogP contribution in [0.1, 0.15) is 48.5 Å². The van der Waals surface area contributed by atoms with Gasteiger partial charge in [-0.1, -0.05) is 110 Å². The van der Waals surface area contributed by atoms with Crippen molar-refractivity contribution in [2.24, 2.45) is 13.5 Å². The largest absolute Gasteiger partial charge is 0.440 e. The minimum Gasteiger partial charge on any atom is -0.419 e. The van der Waals surface area contributed by atoms with E-state index in [1.54, 1.807) is 85.9 Å². The lowest BCUT2D eigenvalue weighted by atomic mass is 10.3. The fourth-order valence-electron chi connectivity index (χ4n) is 2.57. The predicted octanol–water partition coefficient (Wildman–Crippen LogP) is 12.5. The average molecular weight is 600 g/mol. The lowest BCUT2D eigenvalue weighted by Gasteiger charge is -2.27. The summed E-state index contributed by atoms with van der Waals surface area (Å²) in [5.41, 5.74) is 2.84. The van der Waals surface area contributed by atoms with Crippen molar-refractivity contribution in [2.75, 3.05) is 12.8 Å². The van der Waals surface area contributed by atoms with Crippen LogP contribution >= 0.6 is 22.9 Å². The molecular weight excluding hydrogens is 557 g/mol. The molecule has 0 fully saturated rings. The van der Waals surface area contributed by atoms with E-state index < -0.39 is 22.9 Å². The van der Waals surface area contributed by atoms with Gasteiger partial charge in [0.2, 0.25) is 7.43 Å². The number of allylic oxidation sites excluding steroid dienone is 8. The van der Waals surface area contributed by atoms with Gasteiger partial charge in [-0.2, -0.15) is 9.03 Å². The molecule has 3 unspecified atom stereocenters. The van der Waals surface area contributed by atoms with Crippen LogP contribution in [0.25, 0.3) is 0 Å². The molecule has 3 rings (SSSR count). The molecule has 1 aliphatic heterocycles. The molecule has 1 aromatic carbocycles. The molecule has 0 radical (unpaired) electrons. The Morgan fingerprint density at radius 1 is 0.872 bits per heavy atom. The molecule has 0 saturated carbocycles. The Balaban J connectivity index is 0.00000225. The zero-order chi connectivity index (χ0) is 29.6. The summed E-state index contributed by atoms with van der Waals surface area (Å²) in [5, 5.41) is 0. The summed E-state index contributed by atoms with van der Waals surface area (Å²) in [5.74, 6) is 0.315. The number of para-hydroxylation sites is 1. The maximum absolute atomic E-state index is 16.0. The van der Waals surface area contributed by atoms with E-state index in [1.165, 1.54) is 12.2 Å². The van der Waals surface area contributed by atoms with Crippen molar-refractivity contribution in [1.29, 1.82) is 0 Å².